The molecular formula is C13H24N2O3. The molecule has 2 atom stereocenters. The highest BCUT2D eigenvalue weighted by Crippen LogP contribution is 2.20. The van der Waals surface area contributed by atoms with E-state index in [1.165, 1.54) is 0 Å². The van der Waals surface area contributed by atoms with Crippen molar-refractivity contribution in [2.24, 2.45) is 5.41 Å². The number of nitrogens with one attached hydrogen (secondary N) is 2. The molecular weight excluding hydrogens is 232 g/mol. The molecule has 5 heteroatoms. The molecule has 0 aromatic rings. The fourth-order valence-electron chi connectivity index (χ4n) is 2.14. The molecule has 1 amide bonds. The molecule has 1 heterocycles. The van der Waals surface area contributed by atoms with Crippen molar-refractivity contribution in [1.29, 1.82) is 0 Å². The molecule has 1 aliphatic heterocycles. The van der Waals surface area contributed by atoms with Gasteiger partial charge in [0, 0.05) is 0 Å². The molecule has 3 N–H and O–H groups in total. The molecule has 0 aliphatic carbocycles. The zero-order valence-electron chi connectivity index (χ0n) is 11.5. The van der Waals surface area contributed by atoms with Gasteiger partial charge in [-0.3, -0.25) is 4.79 Å². The molecule has 5 nitrogen and oxygen atoms in total. The Morgan fingerprint density at radius 2 is 1.94 bits per heavy atom. The third-order valence-corrected chi connectivity index (χ3v) is 3.28. The molecule has 0 aromatic heterocycles. The minimum atomic E-state index is -0.982. The zero-order chi connectivity index (χ0) is 13.8. The van der Waals surface area contributed by atoms with Crippen LogP contribution in [0, 0.1) is 5.41 Å². The Morgan fingerprint density at radius 3 is 2.50 bits per heavy atom. The molecule has 1 rings (SSSR count). The number of hydrogen-bond acceptors (Lipinski definition) is 3. The van der Waals surface area contributed by atoms with Gasteiger partial charge in [-0.1, -0.05) is 33.6 Å². The van der Waals surface area contributed by atoms with Gasteiger partial charge in [-0.2, -0.15) is 0 Å². The lowest BCUT2D eigenvalue weighted by Crippen LogP contribution is -2.54. The Bertz CT molecular complexity index is 302. The van der Waals surface area contributed by atoms with Gasteiger partial charge in [-0.15, -0.1) is 0 Å². The van der Waals surface area contributed by atoms with Crippen LogP contribution in [-0.2, 0) is 9.59 Å². The average molecular weight is 256 g/mol. The van der Waals surface area contributed by atoms with Gasteiger partial charge in [0.25, 0.3) is 0 Å². The summed E-state index contributed by atoms with van der Waals surface area (Å²) < 4.78 is 0. The van der Waals surface area contributed by atoms with E-state index in [1.54, 1.807) is 0 Å². The summed E-state index contributed by atoms with van der Waals surface area (Å²) in [6.07, 6.45) is 3.99. The zero-order valence-corrected chi connectivity index (χ0v) is 11.5. The smallest absolute Gasteiger partial charge is 0.326 e. The van der Waals surface area contributed by atoms with Crippen molar-refractivity contribution in [3.05, 3.63) is 0 Å². The van der Waals surface area contributed by atoms with Crippen LogP contribution in [0.5, 0.6) is 0 Å². The molecule has 0 saturated carbocycles. The second-order valence-corrected chi connectivity index (χ2v) is 6.00. The minimum Gasteiger partial charge on any atom is -0.480 e. The van der Waals surface area contributed by atoms with Gasteiger partial charge < -0.3 is 15.7 Å². The fraction of sp³-hybridized carbons (Fsp3) is 0.846. The number of carboxylic acids is 1. The van der Waals surface area contributed by atoms with E-state index in [0.29, 0.717) is 0 Å². The molecule has 0 spiro atoms. The molecule has 1 unspecified atom stereocenters. The van der Waals surface area contributed by atoms with Gasteiger partial charge >= 0.3 is 5.97 Å². The Kier molecular flexibility index (Phi) is 5.14. The summed E-state index contributed by atoms with van der Waals surface area (Å²) in [5, 5.41) is 15.0. The molecule has 1 fully saturated rings. The summed E-state index contributed by atoms with van der Waals surface area (Å²) in [5.41, 5.74) is -0.494. The monoisotopic (exact) mass is 256 g/mol. The lowest BCUT2D eigenvalue weighted by Gasteiger charge is -2.29. The topological polar surface area (TPSA) is 78.4 Å². The van der Waals surface area contributed by atoms with Crippen molar-refractivity contribution in [1.82, 2.24) is 10.6 Å². The van der Waals surface area contributed by atoms with Crippen molar-refractivity contribution in [2.75, 3.05) is 6.54 Å². The quantitative estimate of drug-likeness (QED) is 0.707. The van der Waals surface area contributed by atoms with Crippen molar-refractivity contribution in [3.63, 3.8) is 0 Å². The maximum Gasteiger partial charge on any atom is 0.326 e. The third-order valence-electron chi connectivity index (χ3n) is 3.28. The number of carboxylic acid groups (broad SMARTS) is 1. The van der Waals surface area contributed by atoms with Crippen LogP contribution in [0.1, 0.15) is 46.5 Å². The second-order valence-electron chi connectivity index (χ2n) is 6.00. The summed E-state index contributed by atoms with van der Waals surface area (Å²) >= 11 is 0. The first-order valence-electron chi connectivity index (χ1n) is 6.59. The number of carbonyl (C=O) groups is 2. The number of carbonyl (C=O) groups excluding carboxylic acids is 1. The van der Waals surface area contributed by atoms with Crippen LogP contribution in [0.25, 0.3) is 0 Å². The van der Waals surface area contributed by atoms with Crippen LogP contribution < -0.4 is 10.6 Å². The summed E-state index contributed by atoms with van der Waals surface area (Å²) in [6.45, 7) is 6.26. The van der Waals surface area contributed by atoms with Gasteiger partial charge in [0.1, 0.15) is 6.04 Å². The predicted octanol–water partition coefficient (Wildman–Crippen LogP) is 1.13. The van der Waals surface area contributed by atoms with E-state index in [-0.39, 0.29) is 11.9 Å². The van der Waals surface area contributed by atoms with Crippen LogP contribution in [-0.4, -0.2) is 35.6 Å². The van der Waals surface area contributed by atoms with E-state index in [4.69, 9.17) is 0 Å². The molecule has 1 saturated heterocycles. The van der Waals surface area contributed by atoms with E-state index in [0.717, 1.165) is 32.2 Å². The van der Waals surface area contributed by atoms with Crippen LogP contribution in [0.3, 0.4) is 0 Å². The fourth-order valence-corrected chi connectivity index (χ4v) is 2.14. The van der Waals surface area contributed by atoms with Crippen LogP contribution in [0.2, 0.25) is 0 Å². The maximum absolute atomic E-state index is 12.1. The lowest BCUT2D eigenvalue weighted by molar-refractivity contribution is -0.145. The average Bonchev–Trinajstić information content (AvgIpc) is 2.51. The normalized spacial score (nSPS) is 22.9. The van der Waals surface area contributed by atoms with Crippen molar-refractivity contribution in [3.8, 4) is 0 Å². The van der Waals surface area contributed by atoms with E-state index >= 15 is 0 Å². The minimum absolute atomic E-state index is 0.195. The van der Waals surface area contributed by atoms with E-state index in [2.05, 4.69) is 10.6 Å². The third kappa shape index (κ3) is 4.29. The standard InChI is InChI=1S/C13H24N2O3/c1-13(2,3)10(12(17)18)15-11(16)9-7-5-4-6-8-14-9/h9-10,14H,4-8H2,1-3H3,(H,15,16)(H,17,18)/t9?,10-/m1/s1. The molecule has 1 aliphatic rings. The van der Waals surface area contributed by atoms with Gasteiger partial charge in [0.05, 0.1) is 6.04 Å². The van der Waals surface area contributed by atoms with Crippen LogP contribution in [0.4, 0.5) is 0 Å². The summed E-state index contributed by atoms with van der Waals surface area (Å²) in [5.74, 6) is -1.18. The predicted molar refractivity (Wildman–Crippen MR) is 69.3 cm³/mol. The van der Waals surface area contributed by atoms with E-state index < -0.39 is 17.4 Å². The van der Waals surface area contributed by atoms with Crippen LogP contribution in [0.15, 0.2) is 0 Å². The highest BCUT2D eigenvalue weighted by atomic mass is 16.4. The number of hydrogen-bond donors (Lipinski definition) is 3. The largest absolute Gasteiger partial charge is 0.480 e. The molecule has 0 radical (unpaired) electrons. The summed E-state index contributed by atoms with van der Waals surface area (Å²) in [4.78, 5) is 23.3. The maximum atomic E-state index is 12.1. The molecule has 18 heavy (non-hydrogen) atoms. The molecule has 0 aromatic carbocycles. The number of amides is 1. The van der Waals surface area contributed by atoms with Gasteiger partial charge in [0.2, 0.25) is 5.91 Å². The van der Waals surface area contributed by atoms with Crippen molar-refractivity contribution >= 4 is 11.9 Å². The van der Waals surface area contributed by atoms with Crippen molar-refractivity contribution in [2.45, 2.75) is 58.5 Å². The highest BCUT2D eigenvalue weighted by Gasteiger charge is 2.34. The number of rotatable bonds is 3. The Balaban J connectivity index is 2.63. The first-order chi connectivity index (χ1) is 8.32. The molecule has 104 valence electrons. The molecule has 0 bridgehead atoms. The van der Waals surface area contributed by atoms with Crippen molar-refractivity contribution < 1.29 is 14.7 Å². The van der Waals surface area contributed by atoms with Gasteiger partial charge in [-0.25, -0.2) is 4.79 Å². The van der Waals surface area contributed by atoms with Gasteiger partial charge in [0.15, 0.2) is 0 Å². The SMILES string of the molecule is CC(C)(C)[C@H](NC(=O)C1CCCCCN1)C(=O)O. The summed E-state index contributed by atoms with van der Waals surface area (Å²) in [7, 11) is 0. The summed E-state index contributed by atoms with van der Waals surface area (Å²) in [6, 6.07) is -1.10. The Labute approximate surface area is 108 Å². The lowest BCUT2D eigenvalue weighted by atomic mass is 9.86. The van der Waals surface area contributed by atoms with E-state index in [1.807, 2.05) is 20.8 Å². The number of aliphatic carboxylic acids is 1. The first kappa shape index (κ1) is 15.0. The second kappa shape index (κ2) is 6.18. The first-order valence-corrected chi connectivity index (χ1v) is 6.59. The Morgan fingerprint density at radius 1 is 1.28 bits per heavy atom. The highest BCUT2D eigenvalue weighted by molar-refractivity contribution is 5.87. The van der Waals surface area contributed by atoms with E-state index in [9.17, 15) is 14.7 Å². The van der Waals surface area contributed by atoms with Crippen LogP contribution >= 0.6 is 0 Å². The Hall–Kier alpha value is -1.10. The van der Waals surface area contributed by atoms with Gasteiger partial charge in [-0.05, 0) is 24.8 Å².